The predicted molar refractivity (Wildman–Crippen MR) is 66.6 cm³/mol. The van der Waals surface area contributed by atoms with Crippen LogP contribution in [0.1, 0.15) is 36.2 Å². The Labute approximate surface area is 110 Å². The monoisotopic (exact) mass is 274 g/mol. The van der Waals surface area contributed by atoms with Gasteiger partial charge in [-0.05, 0) is 38.5 Å². The molecule has 0 saturated carbocycles. The second-order valence-electron chi connectivity index (χ2n) is 4.67. The molecule has 0 radical (unpaired) electrons. The number of alkyl halides is 3. The zero-order valence-corrected chi connectivity index (χ0v) is 10.8. The minimum absolute atomic E-state index is 0.00801. The molecule has 1 aromatic rings. The lowest BCUT2D eigenvalue weighted by Crippen LogP contribution is -2.36. The first-order valence-electron chi connectivity index (χ1n) is 5.94. The van der Waals surface area contributed by atoms with E-state index in [1.54, 1.807) is 13.8 Å². The molecular weight excluding hydrogens is 257 g/mol. The van der Waals surface area contributed by atoms with Gasteiger partial charge in [-0.2, -0.15) is 13.2 Å². The van der Waals surface area contributed by atoms with Gasteiger partial charge in [0.15, 0.2) is 0 Å². The molecule has 0 aliphatic rings. The summed E-state index contributed by atoms with van der Waals surface area (Å²) in [5.74, 6) is -0.528. The van der Waals surface area contributed by atoms with Gasteiger partial charge in [0.05, 0.1) is 5.56 Å². The van der Waals surface area contributed by atoms with Crippen molar-refractivity contribution in [3.8, 4) is 0 Å². The third-order valence-corrected chi connectivity index (χ3v) is 2.55. The molecule has 2 atom stereocenters. The molecule has 106 valence electrons. The summed E-state index contributed by atoms with van der Waals surface area (Å²) in [4.78, 5) is 11.8. The zero-order chi connectivity index (χ0) is 14.6. The maximum atomic E-state index is 12.5. The van der Waals surface area contributed by atoms with Crippen LogP contribution >= 0.6 is 0 Å². The first kappa shape index (κ1) is 15.5. The summed E-state index contributed by atoms with van der Waals surface area (Å²) >= 11 is 0. The maximum absolute atomic E-state index is 12.5. The van der Waals surface area contributed by atoms with E-state index in [1.807, 2.05) is 0 Å². The highest BCUT2D eigenvalue weighted by Gasteiger charge is 2.30. The van der Waals surface area contributed by atoms with Crippen molar-refractivity contribution in [2.24, 2.45) is 5.73 Å². The Kier molecular flexibility index (Phi) is 4.94. The molecule has 0 aromatic heterocycles. The van der Waals surface area contributed by atoms with Gasteiger partial charge in [-0.25, -0.2) is 0 Å². The van der Waals surface area contributed by atoms with Gasteiger partial charge >= 0.3 is 6.18 Å². The molecule has 1 rings (SSSR count). The topological polar surface area (TPSA) is 55.1 Å². The van der Waals surface area contributed by atoms with Gasteiger partial charge < -0.3 is 11.1 Å². The lowest BCUT2D eigenvalue weighted by molar-refractivity contribution is -0.137. The number of carbonyl (C=O) groups excluding carboxylic acids is 1. The van der Waals surface area contributed by atoms with Crippen LogP contribution in [-0.4, -0.2) is 18.0 Å². The van der Waals surface area contributed by atoms with E-state index in [2.05, 4.69) is 5.32 Å². The summed E-state index contributed by atoms with van der Waals surface area (Å²) in [7, 11) is 0. The Bertz CT molecular complexity index is 444. The van der Waals surface area contributed by atoms with Crippen molar-refractivity contribution in [2.75, 3.05) is 0 Å². The number of halogens is 3. The third kappa shape index (κ3) is 4.90. The molecule has 0 spiro atoms. The minimum Gasteiger partial charge on any atom is -0.350 e. The second kappa shape index (κ2) is 6.06. The van der Waals surface area contributed by atoms with Crippen LogP contribution in [0.5, 0.6) is 0 Å². The van der Waals surface area contributed by atoms with Gasteiger partial charge in [-0.3, -0.25) is 4.79 Å². The molecule has 2 unspecified atom stereocenters. The number of carbonyl (C=O) groups is 1. The lowest BCUT2D eigenvalue weighted by Gasteiger charge is -2.16. The van der Waals surface area contributed by atoms with E-state index in [0.29, 0.717) is 6.42 Å². The molecular formula is C13H17F3N2O. The summed E-state index contributed by atoms with van der Waals surface area (Å²) < 4.78 is 37.6. The Balaban J connectivity index is 2.78. The van der Waals surface area contributed by atoms with E-state index in [1.165, 1.54) is 12.1 Å². The van der Waals surface area contributed by atoms with Crippen LogP contribution in [0.25, 0.3) is 0 Å². The molecule has 0 aliphatic heterocycles. The highest BCUT2D eigenvalue weighted by atomic mass is 19.4. The van der Waals surface area contributed by atoms with Crippen molar-refractivity contribution in [3.05, 3.63) is 35.4 Å². The van der Waals surface area contributed by atoms with Crippen molar-refractivity contribution in [1.82, 2.24) is 5.32 Å². The van der Waals surface area contributed by atoms with Gasteiger partial charge in [-0.1, -0.05) is 6.07 Å². The van der Waals surface area contributed by atoms with Crippen molar-refractivity contribution in [2.45, 2.75) is 38.5 Å². The molecule has 3 N–H and O–H groups in total. The van der Waals surface area contributed by atoms with Crippen molar-refractivity contribution >= 4 is 5.91 Å². The summed E-state index contributed by atoms with van der Waals surface area (Å²) in [6, 6.07) is 4.06. The molecule has 0 bridgehead atoms. The summed E-state index contributed by atoms with van der Waals surface area (Å²) in [6.45, 7) is 3.56. The zero-order valence-electron chi connectivity index (χ0n) is 10.8. The highest BCUT2D eigenvalue weighted by molar-refractivity contribution is 5.94. The fourth-order valence-electron chi connectivity index (χ4n) is 1.76. The Morgan fingerprint density at radius 3 is 2.53 bits per heavy atom. The van der Waals surface area contributed by atoms with Gasteiger partial charge in [-0.15, -0.1) is 0 Å². The van der Waals surface area contributed by atoms with Crippen molar-refractivity contribution < 1.29 is 18.0 Å². The molecule has 19 heavy (non-hydrogen) atoms. The first-order chi connectivity index (χ1) is 8.70. The second-order valence-corrected chi connectivity index (χ2v) is 4.67. The van der Waals surface area contributed by atoms with Crippen LogP contribution < -0.4 is 11.1 Å². The van der Waals surface area contributed by atoms with Gasteiger partial charge in [0.25, 0.3) is 5.91 Å². The predicted octanol–water partition coefficient (Wildman–Crippen LogP) is 2.56. The van der Waals surface area contributed by atoms with E-state index in [-0.39, 0.29) is 17.6 Å². The largest absolute Gasteiger partial charge is 0.416 e. The Morgan fingerprint density at radius 2 is 2.00 bits per heavy atom. The Hall–Kier alpha value is -1.56. The van der Waals surface area contributed by atoms with Gasteiger partial charge in [0.1, 0.15) is 0 Å². The number of hydrogen-bond acceptors (Lipinski definition) is 2. The number of amides is 1. The highest BCUT2D eigenvalue weighted by Crippen LogP contribution is 2.29. The van der Waals surface area contributed by atoms with Crippen molar-refractivity contribution in [1.29, 1.82) is 0 Å². The number of nitrogens with two attached hydrogens (primary N) is 1. The van der Waals surface area contributed by atoms with Crippen LogP contribution in [0, 0.1) is 0 Å². The minimum atomic E-state index is -4.45. The van der Waals surface area contributed by atoms with Gasteiger partial charge in [0.2, 0.25) is 0 Å². The third-order valence-electron chi connectivity index (χ3n) is 2.55. The lowest BCUT2D eigenvalue weighted by atomic mass is 10.1. The number of hydrogen-bond donors (Lipinski definition) is 2. The number of nitrogens with one attached hydrogen (secondary N) is 1. The van der Waals surface area contributed by atoms with Crippen molar-refractivity contribution in [3.63, 3.8) is 0 Å². The van der Waals surface area contributed by atoms with E-state index < -0.39 is 17.6 Å². The summed E-state index contributed by atoms with van der Waals surface area (Å²) in [5, 5.41) is 2.62. The van der Waals surface area contributed by atoms with Crippen LogP contribution in [0.2, 0.25) is 0 Å². The summed E-state index contributed by atoms with van der Waals surface area (Å²) in [6.07, 6.45) is -3.89. The quantitative estimate of drug-likeness (QED) is 0.886. The normalized spacial score (nSPS) is 14.8. The number of rotatable bonds is 4. The molecule has 6 heteroatoms. The molecule has 1 aromatic carbocycles. The summed E-state index contributed by atoms with van der Waals surface area (Å²) in [5.41, 5.74) is 4.75. The van der Waals surface area contributed by atoms with Crippen LogP contribution in [0.15, 0.2) is 24.3 Å². The Morgan fingerprint density at radius 1 is 1.37 bits per heavy atom. The van der Waals surface area contributed by atoms with Gasteiger partial charge in [0, 0.05) is 17.6 Å². The average molecular weight is 274 g/mol. The molecule has 0 heterocycles. The molecule has 0 saturated heterocycles. The average Bonchev–Trinajstić information content (AvgIpc) is 2.26. The SMILES string of the molecule is CC(N)CC(C)NC(=O)c1cccc(C(F)(F)F)c1. The maximum Gasteiger partial charge on any atom is 0.416 e. The first-order valence-corrected chi connectivity index (χ1v) is 5.94. The van der Waals surface area contributed by atoms with Crippen LogP contribution in [0.4, 0.5) is 13.2 Å². The van der Waals surface area contributed by atoms with E-state index in [4.69, 9.17) is 5.73 Å². The standard InChI is InChI=1S/C13H17F3N2O/c1-8(17)6-9(2)18-12(19)10-4-3-5-11(7-10)13(14,15)16/h3-5,7-9H,6,17H2,1-2H3,(H,18,19). The van der Waals surface area contributed by atoms with Crippen LogP contribution in [0.3, 0.4) is 0 Å². The molecule has 0 aliphatic carbocycles. The molecule has 0 fully saturated rings. The fraction of sp³-hybridized carbons (Fsp3) is 0.462. The van der Waals surface area contributed by atoms with E-state index >= 15 is 0 Å². The van der Waals surface area contributed by atoms with E-state index in [9.17, 15) is 18.0 Å². The smallest absolute Gasteiger partial charge is 0.350 e. The van der Waals surface area contributed by atoms with E-state index in [0.717, 1.165) is 12.1 Å². The fourth-order valence-corrected chi connectivity index (χ4v) is 1.76. The number of benzene rings is 1. The molecule has 3 nitrogen and oxygen atoms in total. The van der Waals surface area contributed by atoms with Crippen LogP contribution in [-0.2, 0) is 6.18 Å². The molecule has 1 amide bonds.